The average Bonchev–Trinajstić information content (AvgIpc) is 2.44. The fourth-order valence-electron chi connectivity index (χ4n) is 1.96. The lowest BCUT2D eigenvalue weighted by Gasteiger charge is -2.08. The van der Waals surface area contributed by atoms with Crippen molar-refractivity contribution in [2.24, 2.45) is 0 Å². The second kappa shape index (κ2) is 6.76. The van der Waals surface area contributed by atoms with Gasteiger partial charge in [-0.1, -0.05) is 19.1 Å². The second-order valence-corrected chi connectivity index (χ2v) is 4.67. The van der Waals surface area contributed by atoms with Gasteiger partial charge in [0.25, 0.3) is 5.91 Å². The van der Waals surface area contributed by atoms with Crippen molar-refractivity contribution in [2.45, 2.75) is 13.5 Å². The number of rotatable bonds is 5. The number of phenolic OH excluding ortho intramolecular Hbond substituents is 2. The third kappa shape index (κ3) is 4.22. The largest absolute Gasteiger partial charge is 0.508 e. The van der Waals surface area contributed by atoms with Crippen molar-refractivity contribution in [1.29, 1.82) is 0 Å². The van der Waals surface area contributed by atoms with Crippen molar-refractivity contribution in [3.05, 3.63) is 53.6 Å². The van der Waals surface area contributed by atoms with Crippen LogP contribution in [-0.4, -0.2) is 22.7 Å². The lowest BCUT2D eigenvalue weighted by molar-refractivity contribution is 0.102. The number of nitrogens with one attached hydrogen (secondary N) is 2. The van der Waals surface area contributed by atoms with Crippen LogP contribution in [0.25, 0.3) is 0 Å². The first-order chi connectivity index (χ1) is 10.1. The molecule has 4 N–H and O–H groups in total. The number of anilines is 1. The van der Waals surface area contributed by atoms with Gasteiger partial charge in [-0.25, -0.2) is 0 Å². The monoisotopic (exact) mass is 286 g/mol. The van der Waals surface area contributed by atoms with E-state index in [1.165, 1.54) is 18.2 Å². The summed E-state index contributed by atoms with van der Waals surface area (Å²) in [6.45, 7) is 3.63. The number of benzene rings is 2. The second-order valence-electron chi connectivity index (χ2n) is 4.67. The van der Waals surface area contributed by atoms with E-state index >= 15 is 0 Å². The van der Waals surface area contributed by atoms with Gasteiger partial charge < -0.3 is 20.8 Å². The van der Waals surface area contributed by atoms with E-state index in [2.05, 4.69) is 10.6 Å². The first-order valence-corrected chi connectivity index (χ1v) is 6.72. The van der Waals surface area contributed by atoms with Gasteiger partial charge in [-0.3, -0.25) is 4.79 Å². The Morgan fingerprint density at radius 3 is 2.48 bits per heavy atom. The number of carbonyl (C=O) groups excluding carboxylic acids is 1. The van der Waals surface area contributed by atoms with Gasteiger partial charge >= 0.3 is 0 Å². The third-order valence-corrected chi connectivity index (χ3v) is 2.93. The standard InChI is InChI=1S/C16H18N2O3/c1-2-17-10-11-4-3-5-13(6-11)18-16(21)12-7-14(19)9-15(20)8-12/h3-9,17,19-20H,2,10H2,1H3,(H,18,21). The van der Waals surface area contributed by atoms with Crippen molar-refractivity contribution in [3.8, 4) is 11.5 Å². The SMILES string of the molecule is CCNCc1cccc(NC(=O)c2cc(O)cc(O)c2)c1. The zero-order valence-corrected chi connectivity index (χ0v) is 11.8. The lowest BCUT2D eigenvalue weighted by Crippen LogP contribution is -2.14. The number of hydrogen-bond acceptors (Lipinski definition) is 4. The van der Waals surface area contributed by atoms with Gasteiger partial charge in [-0.2, -0.15) is 0 Å². The van der Waals surface area contributed by atoms with Crippen LogP contribution < -0.4 is 10.6 Å². The van der Waals surface area contributed by atoms with Gasteiger partial charge in [0.1, 0.15) is 11.5 Å². The van der Waals surface area contributed by atoms with E-state index in [1.54, 1.807) is 6.07 Å². The Hall–Kier alpha value is -2.53. The number of aromatic hydroxyl groups is 2. The normalized spacial score (nSPS) is 10.3. The molecule has 2 aromatic rings. The first-order valence-electron chi connectivity index (χ1n) is 6.72. The highest BCUT2D eigenvalue weighted by Crippen LogP contribution is 2.21. The molecule has 0 saturated carbocycles. The Balaban J connectivity index is 2.11. The third-order valence-electron chi connectivity index (χ3n) is 2.93. The number of amides is 1. The molecule has 110 valence electrons. The van der Waals surface area contributed by atoms with Crippen molar-refractivity contribution < 1.29 is 15.0 Å². The van der Waals surface area contributed by atoms with Crippen molar-refractivity contribution in [3.63, 3.8) is 0 Å². The summed E-state index contributed by atoms with van der Waals surface area (Å²) in [5.41, 5.74) is 1.93. The first kappa shape index (κ1) is 14.9. The minimum Gasteiger partial charge on any atom is -0.508 e. The lowest BCUT2D eigenvalue weighted by atomic mass is 10.1. The highest BCUT2D eigenvalue weighted by molar-refractivity contribution is 6.04. The number of phenols is 2. The van der Waals surface area contributed by atoms with Crippen LogP contribution in [0.3, 0.4) is 0 Å². The number of carbonyl (C=O) groups is 1. The summed E-state index contributed by atoms with van der Waals surface area (Å²) in [5.74, 6) is -0.691. The molecular formula is C16H18N2O3. The Labute approximate surface area is 123 Å². The molecule has 0 radical (unpaired) electrons. The Bertz CT molecular complexity index is 621. The van der Waals surface area contributed by atoms with Crippen molar-refractivity contribution in [1.82, 2.24) is 5.32 Å². The van der Waals surface area contributed by atoms with E-state index in [4.69, 9.17) is 0 Å². The molecule has 21 heavy (non-hydrogen) atoms. The van der Waals surface area contributed by atoms with Crippen LogP contribution in [-0.2, 0) is 6.54 Å². The summed E-state index contributed by atoms with van der Waals surface area (Å²) in [6, 6.07) is 11.3. The van der Waals surface area contributed by atoms with E-state index in [1.807, 2.05) is 25.1 Å². The van der Waals surface area contributed by atoms with Crippen LogP contribution in [0.1, 0.15) is 22.8 Å². The maximum Gasteiger partial charge on any atom is 0.255 e. The average molecular weight is 286 g/mol. The maximum atomic E-state index is 12.1. The van der Waals surface area contributed by atoms with Gasteiger partial charge in [0.05, 0.1) is 0 Å². The van der Waals surface area contributed by atoms with E-state index in [0.717, 1.165) is 18.7 Å². The van der Waals surface area contributed by atoms with E-state index in [0.29, 0.717) is 5.69 Å². The summed E-state index contributed by atoms with van der Waals surface area (Å²) >= 11 is 0. The highest BCUT2D eigenvalue weighted by Gasteiger charge is 2.09. The fourth-order valence-corrected chi connectivity index (χ4v) is 1.96. The fraction of sp³-hybridized carbons (Fsp3) is 0.188. The topological polar surface area (TPSA) is 81.6 Å². The molecule has 0 aliphatic rings. The molecule has 0 bridgehead atoms. The molecule has 1 amide bonds. The summed E-state index contributed by atoms with van der Waals surface area (Å²) in [5, 5.41) is 24.8. The molecule has 0 saturated heterocycles. The molecule has 0 aliphatic carbocycles. The van der Waals surface area contributed by atoms with Crippen LogP contribution in [0.15, 0.2) is 42.5 Å². The molecule has 0 heterocycles. The van der Waals surface area contributed by atoms with Crippen LogP contribution in [0.2, 0.25) is 0 Å². The van der Waals surface area contributed by atoms with Crippen LogP contribution in [0.4, 0.5) is 5.69 Å². The minimum absolute atomic E-state index is 0.152. The molecule has 0 spiro atoms. The van der Waals surface area contributed by atoms with E-state index in [-0.39, 0.29) is 23.0 Å². The van der Waals surface area contributed by atoms with E-state index < -0.39 is 0 Å². The molecule has 2 rings (SSSR count). The summed E-state index contributed by atoms with van der Waals surface area (Å²) in [7, 11) is 0. The molecule has 0 fully saturated rings. The summed E-state index contributed by atoms with van der Waals surface area (Å²) in [6.07, 6.45) is 0. The Morgan fingerprint density at radius 1 is 1.10 bits per heavy atom. The zero-order chi connectivity index (χ0) is 15.2. The molecule has 0 aliphatic heterocycles. The minimum atomic E-state index is -0.387. The molecule has 0 atom stereocenters. The maximum absolute atomic E-state index is 12.1. The smallest absolute Gasteiger partial charge is 0.255 e. The van der Waals surface area contributed by atoms with Gasteiger partial charge in [-0.05, 0) is 36.4 Å². The zero-order valence-electron chi connectivity index (χ0n) is 11.8. The van der Waals surface area contributed by atoms with E-state index in [9.17, 15) is 15.0 Å². The summed E-state index contributed by atoms with van der Waals surface area (Å²) in [4.78, 5) is 12.1. The summed E-state index contributed by atoms with van der Waals surface area (Å²) < 4.78 is 0. The molecular weight excluding hydrogens is 268 g/mol. The Kier molecular flexibility index (Phi) is 4.79. The van der Waals surface area contributed by atoms with Crippen LogP contribution >= 0.6 is 0 Å². The molecule has 0 unspecified atom stereocenters. The van der Waals surface area contributed by atoms with Gasteiger partial charge in [0, 0.05) is 23.9 Å². The highest BCUT2D eigenvalue weighted by atomic mass is 16.3. The molecule has 0 aromatic heterocycles. The number of hydrogen-bond donors (Lipinski definition) is 4. The van der Waals surface area contributed by atoms with Gasteiger partial charge in [0.15, 0.2) is 0 Å². The predicted molar refractivity (Wildman–Crippen MR) is 81.5 cm³/mol. The van der Waals surface area contributed by atoms with Crippen LogP contribution in [0, 0.1) is 0 Å². The molecule has 5 nitrogen and oxygen atoms in total. The van der Waals surface area contributed by atoms with Gasteiger partial charge in [0.2, 0.25) is 0 Å². The van der Waals surface area contributed by atoms with Crippen molar-refractivity contribution >= 4 is 11.6 Å². The van der Waals surface area contributed by atoms with Gasteiger partial charge in [-0.15, -0.1) is 0 Å². The molecule has 5 heteroatoms. The van der Waals surface area contributed by atoms with Crippen LogP contribution in [0.5, 0.6) is 11.5 Å². The Morgan fingerprint density at radius 2 is 1.81 bits per heavy atom. The molecule has 2 aromatic carbocycles. The predicted octanol–water partition coefficient (Wildman–Crippen LogP) is 2.46. The van der Waals surface area contributed by atoms with Crippen molar-refractivity contribution in [2.75, 3.05) is 11.9 Å². The quantitative estimate of drug-likeness (QED) is 0.680.